The van der Waals surface area contributed by atoms with Gasteiger partial charge in [0, 0.05) is 12.1 Å². The van der Waals surface area contributed by atoms with Gasteiger partial charge in [-0.3, -0.25) is 4.31 Å². The number of fused-ring (bicyclic) bond motifs is 1. The van der Waals surface area contributed by atoms with Crippen molar-refractivity contribution in [3.8, 4) is 10.6 Å². The second-order valence-corrected chi connectivity index (χ2v) is 10.1. The minimum absolute atomic E-state index is 0.0358. The maximum absolute atomic E-state index is 13.5. The van der Waals surface area contributed by atoms with E-state index < -0.39 is 16.0 Å². The molecule has 0 amide bonds. The van der Waals surface area contributed by atoms with Gasteiger partial charge in [0.15, 0.2) is 0 Å². The first-order chi connectivity index (χ1) is 15.3. The molecule has 0 spiro atoms. The van der Waals surface area contributed by atoms with Gasteiger partial charge in [0.1, 0.15) is 5.01 Å². The van der Waals surface area contributed by atoms with Gasteiger partial charge >= 0.3 is 5.97 Å². The summed E-state index contributed by atoms with van der Waals surface area (Å²) in [5, 5.41) is 0.880. The Bertz CT molecular complexity index is 1400. The van der Waals surface area contributed by atoms with Crippen LogP contribution in [-0.2, 0) is 14.8 Å². The van der Waals surface area contributed by atoms with Crippen molar-refractivity contribution in [2.75, 3.05) is 18.0 Å². The summed E-state index contributed by atoms with van der Waals surface area (Å²) in [4.78, 5) is 16.8. The largest absolute Gasteiger partial charge is 0.465 e. The molecule has 0 aliphatic heterocycles. The normalized spacial score (nSPS) is 11.5. The first-order valence-electron chi connectivity index (χ1n) is 10.0. The molecule has 32 heavy (non-hydrogen) atoms. The molecule has 0 radical (unpaired) electrons. The Hall–Kier alpha value is -3.23. The zero-order chi connectivity index (χ0) is 22.9. The second-order valence-electron chi connectivity index (χ2n) is 7.18. The lowest BCUT2D eigenvalue weighted by Gasteiger charge is -2.23. The van der Waals surface area contributed by atoms with E-state index in [9.17, 15) is 13.2 Å². The molecule has 3 aromatic carbocycles. The lowest BCUT2D eigenvalue weighted by Crippen LogP contribution is -2.31. The number of ether oxygens (including phenoxy) is 1. The number of carbonyl (C=O) groups is 1. The number of methoxy groups -OCH3 is 1. The van der Waals surface area contributed by atoms with Gasteiger partial charge in [0.25, 0.3) is 10.0 Å². The fourth-order valence-corrected chi connectivity index (χ4v) is 5.93. The summed E-state index contributed by atoms with van der Waals surface area (Å²) < 4.78 is 34.0. The summed E-state index contributed by atoms with van der Waals surface area (Å²) in [7, 11) is -2.63. The van der Waals surface area contributed by atoms with Crippen molar-refractivity contribution in [1.82, 2.24) is 4.98 Å². The maximum Gasteiger partial charge on any atom is 0.338 e. The molecule has 164 valence electrons. The SMILES string of the molecule is CCN(c1ccc2sc(-c3ccccc3)nc2c1)S(=O)(=O)c1ccc(C)c(C(=O)OC)c1. The van der Waals surface area contributed by atoms with Crippen molar-refractivity contribution in [1.29, 1.82) is 0 Å². The molecule has 4 rings (SSSR count). The number of hydrogen-bond acceptors (Lipinski definition) is 6. The van der Waals surface area contributed by atoms with Crippen molar-refractivity contribution in [3.05, 3.63) is 77.9 Å². The zero-order valence-electron chi connectivity index (χ0n) is 17.9. The zero-order valence-corrected chi connectivity index (χ0v) is 19.5. The molecular formula is C24H22N2O4S2. The van der Waals surface area contributed by atoms with Gasteiger partial charge < -0.3 is 4.74 Å². The average molecular weight is 467 g/mol. The highest BCUT2D eigenvalue weighted by Crippen LogP contribution is 2.34. The van der Waals surface area contributed by atoms with E-state index in [-0.39, 0.29) is 17.0 Å². The number of rotatable bonds is 6. The van der Waals surface area contributed by atoms with Crippen molar-refractivity contribution in [3.63, 3.8) is 0 Å². The number of aromatic nitrogens is 1. The van der Waals surface area contributed by atoms with Crippen LogP contribution in [0.3, 0.4) is 0 Å². The molecule has 0 aliphatic carbocycles. The van der Waals surface area contributed by atoms with Crippen molar-refractivity contribution in [2.24, 2.45) is 0 Å². The van der Waals surface area contributed by atoms with Crippen molar-refractivity contribution in [2.45, 2.75) is 18.7 Å². The van der Waals surface area contributed by atoms with Crippen LogP contribution in [0.2, 0.25) is 0 Å². The van der Waals surface area contributed by atoms with Crippen LogP contribution in [0, 0.1) is 6.92 Å². The Labute approximate surface area is 191 Å². The third kappa shape index (κ3) is 3.99. The lowest BCUT2D eigenvalue weighted by molar-refractivity contribution is 0.0599. The smallest absolute Gasteiger partial charge is 0.338 e. The maximum atomic E-state index is 13.5. The molecule has 0 bridgehead atoms. The topological polar surface area (TPSA) is 76.6 Å². The van der Waals surface area contributed by atoms with Gasteiger partial charge in [-0.2, -0.15) is 0 Å². The molecule has 8 heteroatoms. The van der Waals surface area contributed by atoms with E-state index in [0.29, 0.717) is 11.3 Å². The quantitative estimate of drug-likeness (QED) is 0.362. The van der Waals surface area contributed by atoms with E-state index in [0.717, 1.165) is 20.8 Å². The molecule has 0 fully saturated rings. The van der Waals surface area contributed by atoms with Crippen molar-refractivity contribution < 1.29 is 17.9 Å². The molecule has 0 N–H and O–H groups in total. The highest BCUT2D eigenvalue weighted by molar-refractivity contribution is 7.92. The van der Waals surface area contributed by atoms with E-state index in [4.69, 9.17) is 9.72 Å². The minimum atomic E-state index is -3.90. The molecule has 0 saturated heterocycles. The molecule has 0 saturated carbocycles. The van der Waals surface area contributed by atoms with Crippen LogP contribution in [0.1, 0.15) is 22.8 Å². The Morgan fingerprint density at radius 2 is 1.81 bits per heavy atom. The minimum Gasteiger partial charge on any atom is -0.465 e. The van der Waals surface area contributed by atoms with Crippen LogP contribution in [0.15, 0.2) is 71.6 Å². The van der Waals surface area contributed by atoms with Crippen LogP contribution >= 0.6 is 11.3 Å². The molecule has 0 aliphatic rings. The monoisotopic (exact) mass is 466 g/mol. The highest BCUT2D eigenvalue weighted by Gasteiger charge is 2.26. The highest BCUT2D eigenvalue weighted by atomic mass is 32.2. The van der Waals surface area contributed by atoms with E-state index in [1.807, 2.05) is 36.4 Å². The lowest BCUT2D eigenvalue weighted by atomic mass is 10.1. The standard InChI is InChI=1S/C24H22N2O4S2/c1-4-26(32(28,29)19-12-10-16(2)20(15-19)24(27)30-3)18-11-13-22-21(14-18)25-23(31-22)17-8-6-5-7-9-17/h5-15H,4H2,1-3H3. The number of nitrogens with zero attached hydrogens (tertiary/aromatic N) is 2. The van der Waals surface area contributed by atoms with E-state index >= 15 is 0 Å². The van der Waals surface area contributed by atoms with Gasteiger partial charge in [-0.25, -0.2) is 18.2 Å². The average Bonchev–Trinajstić information content (AvgIpc) is 3.23. The van der Waals surface area contributed by atoms with Crippen LogP contribution in [-0.4, -0.2) is 33.0 Å². The van der Waals surface area contributed by atoms with Crippen molar-refractivity contribution >= 4 is 43.2 Å². The first kappa shape index (κ1) is 22.0. The summed E-state index contributed by atoms with van der Waals surface area (Å²) in [6.45, 7) is 3.74. The number of sulfonamides is 1. The summed E-state index contributed by atoms with van der Waals surface area (Å²) >= 11 is 1.56. The molecule has 0 unspecified atom stereocenters. The summed E-state index contributed by atoms with van der Waals surface area (Å²) in [5.74, 6) is -0.570. The molecular weight excluding hydrogens is 444 g/mol. The van der Waals surface area contributed by atoms with E-state index in [1.165, 1.54) is 23.5 Å². The summed E-state index contributed by atoms with van der Waals surface area (Å²) in [6.07, 6.45) is 0. The Kier molecular flexibility index (Phi) is 5.99. The first-order valence-corrected chi connectivity index (χ1v) is 12.3. The van der Waals surface area contributed by atoms with Gasteiger partial charge in [-0.05, 0) is 49.7 Å². The number of aryl methyl sites for hydroxylation is 1. The molecule has 6 nitrogen and oxygen atoms in total. The fourth-order valence-electron chi connectivity index (χ4n) is 3.49. The number of carbonyl (C=O) groups excluding carboxylic acids is 1. The van der Waals surface area contributed by atoms with Gasteiger partial charge in [-0.15, -0.1) is 11.3 Å². The Balaban J connectivity index is 1.75. The second kappa shape index (κ2) is 8.72. The molecule has 1 heterocycles. The molecule has 4 aromatic rings. The molecule has 0 atom stereocenters. The van der Waals surface area contributed by atoms with E-state index in [2.05, 4.69) is 0 Å². The fraction of sp³-hybridized carbons (Fsp3) is 0.167. The number of anilines is 1. The van der Waals surface area contributed by atoms with Crippen LogP contribution in [0.25, 0.3) is 20.8 Å². The predicted molar refractivity (Wildman–Crippen MR) is 128 cm³/mol. The third-order valence-corrected chi connectivity index (χ3v) is 8.15. The van der Waals surface area contributed by atoms with Crippen LogP contribution in [0.5, 0.6) is 0 Å². The summed E-state index contributed by atoms with van der Waals surface area (Å²) in [5.41, 5.74) is 3.15. The van der Waals surface area contributed by atoms with Gasteiger partial charge in [0.05, 0.1) is 33.5 Å². The Morgan fingerprint density at radius 3 is 2.50 bits per heavy atom. The number of benzene rings is 3. The van der Waals surface area contributed by atoms with E-state index in [1.54, 1.807) is 43.4 Å². The van der Waals surface area contributed by atoms with Crippen LogP contribution in [0.4, 0.5) is 5.69 Å². The Morgan fingerprint density at radius 1 is 1.06 bits per heavy atom. The van der Waals surface area contributed by atoms with Crippen LogP contribution < -0.4 is 4.31 Å². The third-order valence-electron chi connectivity index (χ3n) is 5.17. The number of esters is 1. The molecule has 1 aromatic heterocycles. The van der Waals surface area contributed by atoms with Gasteiger partial charge in [0.2, 0.25) is 0 Å². The number of hydrogen-bond donors (Lipinski definition) is 0. The van der Waals surface area contributed by atoms with Gasteiger partial charge in [-0.1, -0.05) is 36.4 Å². The predicted octanol–water partition coefficient (Wildman–Crippen LogP) is 5.27. The summed E-state index contributed by atoms with van der Waals surface area (Å²) in [6, 6.07) is 19.8. The number of thiazole rings is 1.